The van der Waals surface area contributed by atoms with Crippen LogP contribution in [0.2, 0.25) is 0 Å². The molecule has 0 aliphatic rings. The van der Waals surface area contributed by atoms with Gasteiger partial charge in [0, 0.05) is 5.75 Å². The molecule has 0 heterocycles. The number of rotatable bonds is 7. The second-order valence-corrected chi connectivity index (χ2v) is 3.27. The number of aliphatic hydroxyl groups is 4. The van der Waals surface area contributed by atoms with Crippen molar-refractivity contribution in [3.05, 3.63) is 0 Å². The van der Waals surface area contributed by atoms with Gasteiger partial charge in [-0.2, -0.15) is 11.8 Å². The highest BCUT2D eigenvalue weighted by Crippen LogP contribution is 2.06. The predicted octanol–water partition coefficient (Wildman–Crippen LogP) is -1.64. The molecule has 0 aromatic rings. The Hall–Kier alpha value is 0.150. The fourth-order valence-corrected chi connectivity index (χ4v) is 1.15. The summed E-state index contributed by atoms with van der Waals surface area (Å²) in [6.45, 7) is 0.680. The Morgan fingerprint density at radius 2 is 1.83 bits per heavy atom. The first kappa shape index (κ1) is 12.2. The Bertz CT molecular complexity index is 103. The summed E-state index contributed by atoms with van der Waals surface area (Å²) in [5.74, 6) is -2.22. The third-order valence-electron chi connectivity index (χ3n) is 0.903. The first-order valence-corrected chi connectivity index (χ1v) is 4.65. The van der Waals surface area contributed by atoms with Crippen molar-refractivity contribution in [1.29, 1.82) is 0 Å². The van der Waals surface area contributed by atoms with E-state index < -0.39 is 5.97 Å². The third-order valence-corrected chi connectivity index (χ3v) is 1.95. The SMILES string of the molecule is OCCOCCSCC(O)(O)O. The Labute approximate surface area is 75.0 Å². The Morgan fingerprint density at radius 1 is 1.17 bits per heavy atom. The maximum atomic E-state index is 8.43. The van der Waals surface area contributed by atoms with E-state index in [0.717, 1.165) is 11.8 Å². The number of ether oxygens (including phenoxy) is 1. The molecule has 4 N–H and O–H groups in total. The van der Waals surface area contributed by atoms with Gasteiger partial charge in [0.05, 0.1) is 25.6 Å². The molecule has 0 fully saturated rings. The van der Waals surface area contributed by atoms with Gasteiger partial charge in [0.2, 0.25) is 0 Å². The van der Waals surface area contributed by atoms with Crippen LogP contribution in [0.4, 0.5) is 0 Å². The van der Waals surface area contributed by atoms with Gasteiger partial charge in [-0.3, -0.25) is 0 Å². The molecule has 74 valence electrons. The molecule has 0 saturated heterocycles. The lowest BCUT2D eigenvalue weighted by molar-refractivity contribution is -0.293. The van der Waals surface area contributed by atoms with Gasteiger partial charge in [-0.25, -0.2) is 0 Å². The second kappa shape index (κ2) is 6.64. The van der Waals surface area contributed by atoms with Gasteiger partial charge in [-0.1, -0.05) is 0 Å². The Morgan fingerprint density at radius 3 is 2.33 bits per heavy atom. The number of hydrogen-bond donors (Lipinski definition) is 4. The molecule has 12 heavy (non-hydrogen) atoms. The average Bonchev–Trinajstić information content (AvgIpc) is 1.94. The number of thioether (sulfide) groups is 1. The Balaban J connectivity index is 3.01. The molecule has 0 saturated carbocycles. The molecular weight excluding hydrogens is 184 g/mol. The van der Waals surface area contributed by atoms with Crippen LogP contribution in [0, 0.1) is 0 Å². The van der Waals surface area contributed by atoms with Gasteiger partial charge in [-0.15, -0.1) is 0 Å². The van der Waals surface area contributed by atoms with Gasteiger partial charge >= 0.3 is 0 Å². The molecule has 0 bridgehead atoms. The van der Waals surface area contributed by atoms with Crippen LogP contribution in [0.5, 0.6) is 0 Å². The molecule has 0 atom stereocenters. The molecule has 0 amide bonds. The summed E-state index contributed by atoms with van der Waals surface area (Å²) < 4.78 is 4.88. The van der Waals surface area contributed by atoms with Crippen LogP contribution in [0.1, 0.15) is 0 Å². The van der Waals surface area contributed by atoms with Crippen molar-refractivity contribution in [3.63, 3.8) is 0 Å². The summed E-state index contributed by atoms with van der Waals surface area (Å²) in [6, 6.07) is 0. The minimum absolute atomic E-state index is 0.0192. The lowest BCUT2D eigenvalue weighted by Gasteiger charge is -2.12. The summed E-state index contributed by atoms with van der Waals surface area (Å²) in [5, 5.41) is 33.6. The fourth-order valence-electron chi connectivity index (χ4n) is 0.494. The summed E-state index contributed by atoms with van der Waals surface area (Å²) in [5.41, 5.74) is 0. The highest BCUT2D eigenvalue weighted by molar-refractivity contribution is 7.99. The molecule has 0 aliphatic heterocycles. The van der Waals surface area contributed by atoms with Crippen molar-refractivity contribution in [2.75, 3.05) is 31.3 Å². The van der Waals surface area contributed by atoms with Crippen LogP contribution in [-0.2, 0) is 4.74 Å². The van der Waals surface area contributed by atoms with Crippen molar-refractivity contribution < 1.29 is 25.2 Å². The van der Waals surface area contributed by atoms with Gasteiger partial charge in [0.15, 0.2) is 0 Å². The molecule has 0 aromatic heterocycles. The van der Waals surface area contributed by atoms with Gasteiger partial charge in [0.25, 0.3) is 5.97 Å². The zero-order chi connectivity index (χ0) is 9.45. The molecule has 6 heteroatoms. The summed E-state index contributed by atoms with van der Waals surface area (Å²) in [4.78, 5) is 0. The molecular formula is C6H14O5S. The zero-order valence-corrected chi connectivity index (χ0v) is 7.46. The summed E-state index contributed by atoms with van der Waals surface area (Å²) in [7, 11) is 0. The monoisotopic (exact) mass is 198 g/mol. The average molecular weight is 198 g/mol. The Kier molecular flexibility index (Phi) is 6.73. The molecule has 0 spiro atoms. The number of hydrogen-bond acceptors (Lipinski definition) is 6. The van der Waals surface area contributed by atoms with Gasteiger partial charge in [0.1, 0.15) is 0 Å². The fraction of sp³-hybridized carbons (Fsp3) is 1.00. The zero-order valence-electron chi connectivity index (χ0n) is 6.64. The topological polar surface area (TPSA) is 90.2 Å². The number of aliphatic hydroxyl groups excluding tert-OH is 1. The smallest absolute Gasteiger partial charge is 0.284 e. The highest BCUT2D eigenvalue weighted by Gasteiger charge is 2.16. The highest BCUT2D eigenvalue weighted by atomic mass is 32.2. The standard InChI is InChI=1S/C6H14O5S/c7-1-2-11-3-4-12-5-6(8,9)10/h7-10H,1-5H2. The summed E-state index contributed by atoms with van der Waals surface area (Å²) in [6.07, 6.45) is 0. The van der Waals surface area contributed by atoms with E-state index in [1.54, 1.807) is 0 Å². The van der Waals surface area contributed by atoms with E-state index in [-0.39, 0.29) is 19.0 Å². The van der Waals surface area contributed by atoms with Crippen molar-refractivity contribution in [3.8, 4) is 0 Å². The normalized spacial score (nSPS) is 12.0. The van der Waals surface area contributed by atoms with Crippen LogP contribution in [0.15, 0.2) is 0 Å². The van der Waals surface area contributed by atoms with E-state index in [2.05, 4.69) is 0 Å². The maximum absolute atomic E-state index is 8.43. The minimum Gasteiger partial charge on any atom is -0.394 e. The largest absolute Gasteiger partial charge is 0.394 e. The first-order chi connectivity index (χ1) is 5.56. The second-order valence-electron chi connectivity index (χ2n) is 2.16. The molecule has 0 aliphatic carbocycles. The predicted molar refractivity (Wildman–Crippen MR) is 44.6 cm³/mol. The van der Waals surface area contributed by atoms with E-state index >= 15 is 0 Å². The van der Waals surface area contributed by atoms with Gasteiger partial charge < -0.3 is 25.2 Å². The van der Waals surface area contributed by atoms with E-state index in [1.807, 2.05) is 0 Å². The quantitative estimate of drug-likeness (QED) is 0.290. The van der Waals surface area contributed by atoms with Crippen molar-refractivity contribution in [2.45, 2.75) is 5.97 Å². The van der Waals surface area contributed by atoms with Gasteiger partial charge in [-0.05, 0) is 0 Å². The van der Waals surface area contributed by atoms with E-state index in [4.69, 9.17) is 25.2 Å². The lowest BCUT2D eigenvalue weighted by atomic mass is 10.7. The molecule has 0 aromatic carbocycles. The molecule has 5 nitrogen and oxygen atoms in total. The molecule has 0 unspecified atom stereocenters. The van der Waals surface area contributed by atoms with Crippen LogP contribution < -0.4 is 0 Å². The van der Waals surface area contributed by atoms with Crippen LogP contribution in [0.25, 0.3) is 0 Å². The van der Waals surface area contributed by atoms with Crippen LogP contribution in [0.3, 0.4) is 0 Å². The summed E-state index contributed by atoms with van der Waals surface area (Å²) >= 11 is 1.15. The van der Waals surface area contributed by atoms with Crippen molar-refractivity contribution >= 4 is 11.8 Å². The molecule has 0 rings (SSSR count). The minimum atomic E-state index is -2.60. The lowest BCUT2D eigenvalue weighted by Crippen LogP contribution is -2.30. The maximum Gasteiger partial charge on any atom is 0.284 e. The van der Waals surface area contributed by atoms with Crippen molar-refractivity contribution in [1.82, 2.24) is 0 Å². The van der Waals surface area contributed by atoms with E-state index in [9.17, 15) is 0 Å². The van der Waals surface area contributed by atoms with E-state index in [0.29, 0.717) is 12.4 Å². The van der Waals surface area contributed by atoms with E-state index in [1.165, 1.54) is 0 Å². The van der Waals surface area contributed by atoms with Crippen LogP contribution in [-0.4, -0.2) is 57.7 Å². The molecule has 0 radical (unpaired) electrons. The third kappa shape index (κ3) is 10.2. The van der Waals surface area contributed by atoms with Crippen LogP contribution >= 0.6 is 11.8 Å². The first-order valence-electron chi connectivity index (χ1n) is 3.50. The van der Waals surface area contributed by atoms with Crippen molar-refractivity contribution in [2.24, 2.45) is 0 Å².